The predicted molar refractivity (Wildman–Crippen MR) is 133 cm³/mol. The minimum Gasteiger partial charge on any atom is -0.622 e. The molecule has 4 rings (SSSR count). The molecule has 1 heterocycles. The molecule has 4 nitrogen and oxygen atoms in total. The molecule has 0 radical (unpaired) electrons. The van der Waals surface area contributed by atoms with E-state index in [1.54, 1.807) is 0 Å². The second-order valence-electron chi connectivity index (χ2n) is 8.34. The van der Waals surface area contributed by atoms with Crippen LogP contribution < -0.4 is 0 Å². The average Bonchev–Trinajstić information content (AvgIpc) is 3.06. The highest BCUT2D eigenvalue weighted by molar-refractivity contribution is 6.33. The number of hydrogen-bond donors (Lipinski definition) is 1. The van der Waals surface area contributed by atoms with Crippen molar-refractivity contribution >= 4 is 17.0 Å². The van der Waals surface area contributed by atoms with E-state index >= 15 is 0 Å². The van der Waals surface area contributed by atoms with Gasteiger partial charge < -0.3 is 5.21 Å². The van der Waals surface area contributed by atoms with E-state index in [1.807, 2.05) is 91.0 Å². The Bertz CT molecular complexity index is 1200. The van der Waals surface area contributed by atoms with Crippen LogP contribution in [0.5, 0.6) is 0 Å². The van der Waals surface area contributed by atoms with Gasteiger partial charge >= 0.3 is 5.54 Å². The first-order chi connectivity index (χ1) is 16.1. The van der Waals surface area contributed by atoms with Crippen molar-refractivity contribution in [3.05, 3.63) is 118 Å². The molecule has 1 N–H and O–H groups in total. The Morgan fingerprint density at radius 3 is 1.91 bits per heavy atom. The van der Waals surface area contributed by atoms with Crippen molar-refractivity contribution in [2.45, 2.75) is 38.1 Å². The van der Waals surface area contributed by atoms with Gasteiger partial charge in [-0.2, -0.15) is 10.0 Å². The summed E-state index contributed by atoms with van der Waals surface area (Å²) < 4.78 is 0.833. The SMILES string of the molecule is CCCCC1=[N+]([O-])C(C#N)(Cc2ccccc2)C(=N)C1=C(c1ccccc1)c1ccccc1. The number of nitrogens with one attached hydrogen (secondary N) is 1. The Morgan fingerprint density at radius 1 is 0.909 bits per heavy atom. The Balaban J connectivity index is 2.00. The molecule has 1 atom stereocenters. The van der Waals surface area contributed by atoms with Crippen LogP contribution in [0.4, 0.5) is 0 Å². The molecule has 164 valence electrons. The van der Waals surface area contributed by atoms with Gasteiger partial charge in [-0.3, -0.25) is 5.41 Å². The molecule has 0 aliphatic carbocycles. The fraction of sp³-hybridized carbons (Fsp3) is 0.207. The zero-order chi connectivity index (χ0) is 23.3. The number of unbranched alkanes of at least 4 members (excludes halogenated alkanes) is 1. The van der Waals surface area contributed by atoms with Crippen molar-refractivity contribution in [1.82, 2.24) is 0 Å². The van der Waals surface area contributed by atoms with Gasteiger partial charge in [-0.05, 0) is 23.1 Å². The predicted octanol–water partition coefficient (Wildman–Crippen LogP) is 6.17. The Kier molecular flexibility index (Phi) is 6.51. The van der Waals surface area contributed by atoms with Gasteiger partial charge in [0.25, 0.3) is 0 Å². The third-order valence-corrected chi connectivity index (χ3v) is 6.17. The van der Waals surface area contributed by atoms with Gasteiger partial charge in [-0.15, -0.1) is 0 Å². The molecule has 0 aromatic heterocycles. The molecule has 0 saturated carbocycles. The monoisotopic (exact) mass is 433 g/mol. The maximum absolute atomic E-state index is 13.8. The highest BCUT2D eigenvalue weighted by Crippen LogP contribution is 2.38. The summed E-state index contributed by atoms with van der Waals surface area (Å²) in [6, 6.07) is 31.5. The van der Waals surface area contributed by atoms with Gasteiger partial charge in [0, 0.05) is 12.0 Å². The van der Waals surface area contributed by atoms with Crippen LogP contribution in [-0.4, -0.2) is 21.7 Å². The van der Waals surface area contributed by atoms with E-state index in [2.05, 4.69) is 13.0 Å². The van der Waals surface area contributed by atoms with Crippen molar-refractivity contribution in [2.75, 3.05) is 0 Å². The second-order valence-corrected chi connectivity index (χ2v) is 8.34. The Hall–Kier alpha value is -3.97. The van der Waals surface area contributed by atoms with Crippen LogP contribution >= 0.6 is 0 Å². The molecule has 0 fully saturated rings. The minimum absolute atomic E-state index is 0.0812. The van der Waals surface area contributed by atoms with E-state index in [4.69, 9.17) is 0 Å². The van der Waals surface area contributed by atoms with Crippen molar-refractivity contribution in [3.63, 3.8) is 0 Å². The summed E-state index contributed by atoms with van der Waals surface area (Å²) in [6.45, 7) is 2.08. The molecule has 0 amide bonds. The standard InChI is InChI=1S/C29H27N3O/c1-2-3-19-25-27(26(23-15-9-5-10-16-23)24-17-11-6-12-18-24)28(31)29(21-30,32(25)33)20-22-13-7-4-8-14-22/h4-18,31H,2-3,19-20H2,1H3. The summed E-state index contributed by atoms with van der Waals surface area (Å²) in [5.74, 6) is 0. The Labute approximate surface area is 195 Å². The normalized spacial score (nSPS) is 17.8. The fourth-order valence-corrected chi connectivity index (χ4v) is 4.48. The van der Waals surface area contributed by atoms with Crippen LogP contribution in [0.25, 0.3) is 5.57 Å². The van der Waals surface area contributed by atoms with E-state index < -0.39 is 5.54 Å². The van der Waals surface area contributed by atoms with Gasteiger partial charge in [0.05, 0.1) is 12.0 Å². The lowest BCUT2D eigenvalue weighted by Gasteiger charge is -2.21. The van der Waals surface area contributed by atoms with Gasteiger partial charge in [-0.25, -0.2) is 0 Å². The van der Waals surface area contributed by atoms with E-state index in [0.29, 0.717) is 17.7 Å². The molecule has 33 heavy (non-hydrogen) atoms. The molecular weight excluding hydrogens is 406 g/mol. The van der Waals surface area contributed by atoms with Crippen LogP contribution in [-0.2, 0) is 6.42 Å². The van der Waals surface area contributed by atoms with E-state index in [-0.39, 0.29) is 12.1 Å². The van der Waals surface area contributed by atoms with Crippen LogP contribution in [0, 0.1) is 21.9 Å². The first-order valence-corrected chi connectivity index (χ1v) is 11.4. The van der Waals surface area contributed by atoms with Crippen LogP contribution in [0.15, 0.2) is 96.6 Å². The molecular formula is C29H27N3O. The molecule has 0 saturated heterocycles. The van der Waals surface area contributed by atoms with Crippen molar-refractivity contribution < 1.29 is 4.74 Å². The summed E-state index contributed by atoms with van der Waals surface area (Å²) >= 11 is 0. The first-order valence-electron chi connectivity index (χ1n) is 11.4. The van der Waals surface area contributed by atoms with Gasteiger partial charge in [0.2, 0.25) is 0 Å². The van der Waals surface area contributed by atoms with Gasteiger partial charge in [0.1, 0.15) is 11.8 Å². The van der Waals surface area contributed by atoms with Crippen LogP contribution in [0.3, 0.4) is 0 Å². The zero-order valence-corrected chi connectivity index (χ0v) is 18.8. The molecule has 0 bridgehead atoms. The molecule has 1 aliphatic rings. The smallest absolute Gasteiger partial charge is 0.304 e. The number of nitriles is 1. The molecule has 1 unspecified atom stereocenters. The summed E-state index contributed by atoms with van der Waals surface area (Å²) in [5.41, 5.74) is 3.17. The average molecular weight is 434 g/mol. The van der Waals surface area contributed by atoms with E-state index in [0.717, 1.165) is 39.8 Å². The number of nitrogens with zero attached hydrogens (tertiary/aromatic N) is 2. The number of benzene rings is 3. The maximum atomic E-state index is 13.8. The minimum atomic E-state index is -1.59. The van der Waals surface area contributed by atoms with E-state index in [1.165, 1.54) is 0 Å². The summed E-state index contributed by atoms with van der Waals surface area (Å²) in [7, 11) is 0. The maximum Gasteiger partial charge on any atom is 0.304 e. The van der Waals surface area contributed by atoms with Crippen molar-refractivity contribution in [2.24, 2.45) is 0 Å². The first kappa shape index (κ1) is 22.2. The lowest BCUT2D eigenvalue weighted by atomic mass is 9.81. The molecule has 3 aromatic rings. The largest absolute Gasteiger partial charge is 0.622 e. The van der Waals surface area contributed by atoms with Crippen molar-refractivity contribution in [3.8, 4) is 6.07 Å². The summed E-state index contributed by atoms with van der Waals surface area (Å²) in [5, 5.41) is 33.4. The number of hydrogen-bond acceptors (Lipinski definition) is 3. The third-order valence-electron chi connectivity index (χ3n) is 6.17. The van der Waals surface area contributed by atoms with Gasteiger partial charge in [0.15, 0.2) is 5.71 Å². The van der Waals surface area contributed by atoms with Gasteiger partial charge in [-0.1, -0.05) is 104 Å². The topological polar surface area (TPSA) is 73.7 Å². The molecule has 1 aliphatic heterocycles. The third kappa shape index (κ3) is 4.10. The Morgan fingerprint density at radius 2 is 1.42 bits per heavy atom. The van der Waals surface area contributed by atoms with Crippen LogP contribution in [0.2, 0.25) is 0 Å². The van der Waals surface area contributed by atoms with E-state index in [9.17, 15) is 15.9 Å². The summed E-state index contributed by atoms with van der Waals surface area (Å²) in [6.07, 6.45) is 2.43. The quantitative estimate of drug-likeness (QED) is 0.357. The van der Waals surface area contributed by atoms with Crippen molar-refractivity contribution in [1.29, 1.82) is 10.7 Å². The lowest BCUT2D eigenvalue weighted by Crippen LogP contribution is -2.44. The second kappa shape index (κ2) is 9.67. The summed E-state index contributed by atoms with van der Waals surface area (Å²) in [4.78, 5) is 0. The fourth-order valence-electron chi connectivity index (χ4n) is 4.48. The number of rotatable bonds is 7. The van der Waals surface area contributed by atoms with Crippen LogP contribution in [0.1, 0.15) is 42.9 Å². The molecule has 0 spiro atoms. The number of hydroxylamine groups is 1. The highest BCUT2D eigenvalue weighted by atomic mass is 16.5. The highest BCUT2D eigenvalue weighted by Gasteiger charge is 2.55. The lowest BCUT2D eigenvalue weighted by molar-refractivity contribution is -0.505. The molecule has 4 heteroatoms. The zero-order valence-electron chi connectivity index (χ0n) is 18.8. The molecule has 3 aromatic carbocycles.